The number of nitrogens with zero attached hydrogens (tertiary/aromatic N) is 1. The first-order valence-electron chi connectivity index (χ1n) is 13.6. The van der Waals surface area contributed by atoms with E-state index in [0.29, 0.717) is 31.3 Å². The number of carbonyl (C=O) groups is 1. The summed E-state index contributed by atoms with van der Waals surface area (Å²) < 4.78 is 17.2. The Morgan fingerprint density at radius 2 is 1.75 bits per heavy atom. The molecule has 0 spiro atoms. The molecule has 3 N–H and O–H groups in total. The first kappa shape index (κ1) is 28.2. The molecule has 1 fully saturated rings. The number of methoxy groups -OCH3 is 1. The summed E-state index contributed by atoms with van der Waals surface area (Å²) in [5.74, 6) is 1.89. The molecular weight excluding hydrogens is 532 g/mol. The van der Waals surface area contributed by atoms with E-state index in [2.05, 4.69) is 16.3 Å². The second-order valence-corrected chi connectivity index (χ2v) is 10.6. The van der Waals surface area contributed by atoms with E-state index in [0.717, 1.165) is 64.5 Å². The zero-order chi connectivity index (χ0) is 28.1. The number of aliphatic hydroxyl groups is 2. The van der Waals surface area contributed by atoms with Gasteiger partial charge in [0.2, 0.25) is 5.91 Å². The molecular formula is C31H35ClN2O6. The lowest BCUT2D eigenvalue weighted by Crippen LogP contribution is -2.47. The van der Waals surface area contributed by atoms with E-state index in [9.17, 15) is 15.0 Å². The van der Waals surface area contributed by atoms with E-state index < -0.39 is 6.04 Å². The first-order valence-corrected chi connectivity index (χ1v) is 14.0. The van der Waals surface area contributed by atoms with Crippen LogP contribution in [0.5, 0.6) is 17.2 Å². The molecule has 2 aliphatic rings. The van der Waals surface area contributed by atoms with E-state index in [1.54, 1.807) is 7.11 Å². The van der Waals surface area contributed by atoms with Gasteiger partial charge in [0.1, 0.15) is 19.0 Å². The van der Waals surface area contributed by atoms with E-state index in [1.165, 1.54) is 0 Å². The maximum Gasteiger partial charge on any atom is 0.224 e. The fraction of sp³-hybridized carbons (Fsp3) is 0.387. The van der Waals surface area contributed by atoms with Crippen molar-refractivity contribution >= 4 is 17.5 Å². The van der Waals surface area contributed by atoms with Gasteiger partial charge in [0, 0.05) is 29.8 Å². The smallest absolute Gasteiger partial charge is 0.224 e. The summed E-state index contributed by atoms with van der Waals surface area (Å²) in [5, 5.41) is 22.0. The predicted molar refractivity (Wildman–Crippen MR) is 154 cm³/mol. The SMILES string of the molecule is COc1cc(-c2cccc(-c3ccc4c(c3)OCCO4)c2Cl)ccc1CN1CCCC(C(=O)NC(CO)CO)C1. The van der Waals surface area contributed by atoms with Crippen LogP contribution in [0.25, 0.3) is 22.3 Å². The zero-order valence-corrected chi connectivity index (χ0v) is 23.3. The maximum absolute atomic E-state index is 12.7. The van der Waals surface area contributed by atoms with Crippen molar-refractivity contribution < 1.29 is 29.2 Å². The monoisotopic (exact) mass is 566 g/mol. The molecule has 0 bridgehead atoms. The van der Waals surface area contributed by atoms with Crippen molar-refractivity contribution in [3.63, 3.8) is 0 Å². The molecule has 0 aromatic heterocycles. The lowest BCUT2D eigenvalue weighted by molar-refractivity contribution is -0.128. The summed E-state index contributed by atoms with van der Waals surface area (Å²) >= 11 is 6.96. The Morgan fingerprint density at radius 1 is 1.05 bits per heavy atom. The fourth-order valence-corrected chi connectivity index (χ4v) is 5.70. The Balaban J connectivity index is 1.33. The third-order valence-corrected chi connectivity index (χ3v) is 7.91. The third kappa shape index (κ3) is 6.20. The summed E-state index contributed by atoms with van der Waals surface area (Å²) in [6.45, 7) is 2.61. The molecule has 3 aromatic rings. The van der Waals surface area contributed by atoms with Crippen LogP contribution in [0.1, 0.15) is 18.4 Å². The molecule has 5 rings (SSSR count). The molecule has 3 aromatic carbocycles. The van der Waals surface area contributed by atoms with Gasteiger partial charge in [-0.15, -0.1) is 0 Å². The Hall–Kier alpha value is -3.30. The van der Waals surface area contributed by atoms with Crippen molar-refractivity contribution in [2.24, 2.45) is 5.92 Å². The number of hydrogen-bond donors (Lipinski definition) is 3. The minimum atomic E-state index is -0.629. The summed E-state index contributed by atoms with van der Waals surface area (Å²) in [6.07, 6.45) is 1.67. The topological polar surface area (TPSA) is 100 Å². The van der Waals surface area contributed by atoms with Gasteiger partial charge in [-0.25, -0.2) is 0 Å². The van der Waals surface area contributed by atoms with Crippen LogP contribution in [-0.2, 0) is 11.3 Å². The van der Waals surface area contributed by atoms with Crippen molar-refractivity contribution in [2.75, 3.05) is 46.6 Å². The van der Waals surface area contributed by atoms with Crippen LogP contribution in [0, 0.1) is 5.92 Å². The number of carbonyl (C=O) groups excluding carboxylic acids is 1. The highest BCUT2D eigenvalue weighted by Gasteiger charge is 2.27. The highest BCUT2D eigenvalue weighted by atomic mass is 35.5. The number of rotatable bonds is 9. The van der Waals surface area contributed by atoms with E-state index in [4.69, 9.17) is 25.8 Å². The number of hydrogen-bond acceptors (Lipinski definition) is 7. The number of likely N-dealkylation sites (tertiary alicyclic amines) is 1. The number of aliphatic hydroxyl groups excluding tert-OH is 2. The zero-order valence-electron chi connectivity index (χ0n) is 22.6. The lowest BCUT2D eigenvalue weighted by atomic mass is 9.95. The van der Waals surface area contributed by atoms with Crippen molar-refractivity contribution in [2.45, 2.75) is 25.4 Å². The molecule has 1 saturated heterocycles. The quantitative estimate of drug-likeness (QED) is 0.358. The number of amides is 1. The van der Waals surface area contributed by atoms with Gasteiger partial charge < -0.3 is 29.7 Å². The lowest BCUT2D eigenvalue weighted by Gasteiger charge is -2.33. The molecule has 2 aliphatic heterocycles. The van der Waals surface area contributed by atoms with Crippen LogP contribution in [0.3, 0.4) is 0 Å². The molecule has 9 heteroatoms. The van der Waals surface area contributed by atoms with Gasteiger partial charge in [-0.05, 0) is 48.7 Å². The van der Waals surface area contributed by atoms with Crippen LogP contribution < -0.4 is 19.5 Å². The number of ether oxygens (including phenoxy) is 3. The average molecular weight is 567 g/mol. The molecule has 0 aliphatic carbocycles. The Kier molecular flexibility index (Phi) is 9.11. The van der Waals surface area contributed by atoms with Crippen molar-refractivity contribution in [1.29, 1.82) is 0 Å². The van der Waals surface area contributed by atoms with E-state index in [1.807, 2.05) is 48.5 Å². The second-order valence-electron chi connectivity index (χ2n) is 10.2. The molecule has 0 radical (unpaired) electrons. The highest BCUT2D eigenvalue weighted by molar-refractivity contribution is 6.36. The first-order chi connectivity index (χ1) is 19.5. The number of fused-ring (bicyclic) bond motifs is 1. The van der Waals surface area contributed by atoms with Crippen molar-refractivity contribution in [3.8, 4) is 39.5 Å². The molecule has 1 amide bonds. The van der Waals surface area contributed by atoms with Gasteiger partial charge in [-0.2, -0.15) is 0 Å². The predicted octanol–water partition coefficient (Wildman–Crippen LogP) is 4.14. The van der Waals surface area contributed by atoms with Crippen molar-refractivity contribution in [3.05, 3.63) is 65.2 Å². The number of piperidine rings is 1. The molecule has 8 nitrogen and oxygen atoms in total. The molecule has 40 heavy (non-hydrogen) atoms. The largest absolute Gasteiger partial charge is 0.496 e. The summed E-state index contributed by atoms with van der Waals surface area (Å²) in [5.41, 5.74) is 4.72. The van der Waals surface area contributed by atoms with E-state index in [-0.39, 0.29) is 25.0 Å². The van der Waals surface area contributed by atoms with Gasteiger partial charge >= 0.3 is 0 Å². The number of nitrogens with one attached hydrogen (secondary N) is 1. The van der Waals surface area contributed by atoms with Gasteiger partial charge in [-0.1, -0.05) is 48.0 Å². The van der Waals surface area contributed by atoms with Crippen molar-refractivity contribution in [1.82, 2.24) is 10.2 Å². The van der Waals surface area contributed by atoms with Crippen LogP contribution in [0.15, 0.2) is 54.6 Å². The normalized spacial score (nSPS) is 17.1. The minimum absolute atomic E-state index is 0.132. The van der Waals surface area contributed by atoms with Crippen LogP contribution >= 0.6 is 11.6 Å². The Labute approximate surface area is 239 Å². The van der Waals surface area contributed by atoms with Crippen LogP contribution in [-0.4, -0.2) is 73.7 Å². The number of halogens is 1. The summed E-state index contributed by atoms with van der Waals surface area (Å²) in [7, 11) is 1.66. The van der Waals surface area contributed by atoms with Gasteiger partial charge in [0.15, 0.2) is 11.5 Å². The fourth-order valence-electron chi connectivity index (χ4n) is 5.35. The highest BCUT2D eigenvalue weighted by Crippen LogP contribution is 2.41. The van der Waals surface area contributed by atoms with Gasteiger partial charge in [0.25, 0.3) is 0 Å². The molecule has 0 saturated carbocycles. The Morgan fingerprint density at radius 3 is 2.48 bits per heavy atom. The van der Waals surface area contributed by atoms with E-state index >= 15 is 0 Å². The third-order valence-electron chi connectivity index (χ3n) is 7.51. The summed E-state index contributed by atoms with van der Waals surface area (Å²) in [6, 6.07) is 17.3. The molecule has 212 valence electrons. The molecule has 1 atom stereocenters. The Bertz CT molecular complexity index is 1350. The van der Waals surface area contributed by atoms with Crippen LogP contribution in [0.4, 0.5) is 0 Å². The standard InChI is InChI=1S/C31H35ClN2O6/c1-38-28-14-20(7-8-22(28)16-34-11-3-4-23(17-34)31(37)33-24(18-35)19-36)25-5-2-6-26(30(25)32)21-9-10-27-29(15-21)40-13-12-39-27/h2,5-10,14-15,23-24,35-36H,3-4,11-13,16-19H2,1H3,(H,33,37). The summed E-state index contributed by atoms with van der Waals surface area (Å²) in [4.78, 5) is 14.9. The van der Waals surface area contributed by atoms with Gasteiger partial charge in [0.05, 0.1) is 37.3 Å². The van der Waals surface area contributed by atoms with Crippen LogP contribution in [0.2, 0.25) is 5.02 Å². The number of benzene rings is 3. The minimum Gasteiger partial charge on any atom is -0.496 e. The maximum atomic E-state index is 12.7. The second kappa shape index (κ2) is 12.9. The average Bonchev–Trinajstić information content (AvgIpc) is 3.00. The molecule has 2 heterocycles. The molecule has 1 unspecified atom stereocenters. The van der Waals surface area contributed by atoms with Gasteiger partial charge in [-0.3, -0.25) is 9.69 Å².